The molecule has 0 spiro atoms. The lowest BCUT2D eigenvalue weighted by molar-refractivity contribution is -0.137. The number of aliphatic carboxylic acids is 1. The molecule has 0 aliphatic rings. The van der Waals surface area contributed by atoms with Crippen molar-refractivity contribution < 1.29 is 9.90 Å². The van der Waals surface area contributed by atoms with E-state index >= 15 is 0 Å². The van der Waals surface area contributed by atoms with Crippen LogP contribution in [0.1, 0.15) is 42.5 Å². The first kappa shape index (κ1) is 15.7. The molecule has 0 amide bonds. The van der Waals surface area contributed by atoms with Crippen molar-refractivity contribution in [2.45, 2.75) is 46.0 Å². The number of rotatable bonds is 8. The van der Waals surface area contributed by atoms with E-state index in [4.69, 9.17) is 5.11 Å². The molecule has 0 fully saturated rings. The minimum Gasteiger partial charge on any atom is -0.481 e. The monoisotopic (exact) mass is 307 g/mol. The third-order valence-electron chi connectivity index (χ3n) is 3.58. The number of nitrogens with one attached hydrogen (secondary N) is 1. The first-order valence-corrected chi connectivity index (χ1v) is 8.07. The number of nitrogens with zero attached hydrogens (tertiary/aromatic N) is 2. The molecule has 0 saturated heterocycles. The molecule has 0 aliphatic carbocycles. The molecule has 0 aliphatic heterocycles. The zero-order valence-corrected chi connectivity index (χ0v) is 13.3. The summed E-state index contributed by atoms with van der Waals surface area (Å²) < 4.78 is 0. The summed E-state index contributed by atoms with van der Waals surface area (Å²) in [7, 11) is 0. The second kappa shape index (κ2) is 7.36. The molecule has 0 aromatic carbocycles. The van der Waals surface area contributed by atoms with Gasteiger partial charge in [0.15, 0.2) is 0 Å². The van der Waals surface area contributed by atoms with Crippen LogP contribution in [0.25, 0.3) is 10.2 Å². The predicted octanol–water partition coefficient (Wildman–Crippen LogP) is 3.76. The normalized spacial score (nSPS) is 11.0. The fraction of sp³-hybridized carbons (Fsp3) is 0.533. The van der Waals surface area contributed by atoms with Crippen LogP contribution in [0.15, 0.2) is 6.33 Å². The van der Waals surface area contributed by atoms with Gasteiger partial charge in [-0.1, -0.05) is 12.8 Å². The summed E-state index contributed by atoms with van der Waals surface area (Å²) in [6.07, 6.45) is 5.66. The Morgan fingerprint density at radius 3 is 2.76 bits per heavy atom. The Labute approximate surface area is 128 Å². The molecule has 2 heterocycles. The number of fused-ring (bicyclic) bond motifs is 1. The van der Waals surface area contributed by atoms with Gasteiger partial charge < -0.3 is 10.4 Å². The van der Waals surface area contributed by atoms with Crippen LogP contribution in [-0.4, -0.2) is 27.6 Å². The van der Waals surface area contributed by atoms with Crippen molar-refractivity contribution in [1.82, 2.24) is 9.97 Å². The lowest BCUT2D eigenvalue weighted by Gasteiger charge is -2.07. The van der Waals surface area contributed by atoms with Gasteiger partial charge in [0.05, 0.1) is 5.39 Å². The lowest BCUT2D eigenvalue weighted by atomic mass is 10.1. The highest BCUT2D eigenvalue weighted by Crippen LogP contribution is 2.32. The number of hydrogen-bond acceptors (Lipinski definition) is 5. The molecule has 21 heavy (non-hydrogen) atoms. The molecular formula is C15H21N3O2S. The van der Waals surface area contributed by atoms with Gasteiger partial charge in [-0.05, 0) is 32.3 Å². The molecule has 0 radical (unpaired) electrons. The van der Waals surface area contributed by atoms with Crippen LogP contribution in [0, 0.1) is 13.8 Å². The third kappa shape index (κ3) is 4.14. The quantitative estimate of drug-likeness (QED) is 0.726. The average Bonchev–Trinajstić information content (AvgIpc) is 2.73. The van der Waals surface area contributed by atoms with Crippen molar-refractivity contribution >= 4 is 33.3 Å². The minimum absolute atomic E-state index is 0.271. The molecule has 2 aromatic heterocycles. The minimum atomic E-state index is -0.709. The summed E-state index contributed by atoms with van der Waals surface area (Å²) in [5.41, 5.74) is 1.25. The van der Waals surface area contributed by atoms with Gasteiger partial charge in [0.25, 0.3) is 0 Å². The lowest BCUT2D eigenvalue weighted by Crippen LogP contribution is -2.04. The van der Waals surface area contributed by atoms with Gasteiger partial charge in [0, 0.05) is 17.8 Å². The summed E-state index contributed by atoms with van der Waals surface area (Å²) in [6.45, 7) is 5.07. The molecule has 5 nitrogen and oxygen atoms in total. The molecule has 6 heteroatoms. The van der Waals surface area contributed by atoms with Crippen molar-refractivity contribution in [2.75, 3.05) is 11.9 Å². The largest absolute Gasteiger partial charge is 0.481 e. The SMILES string of the molecule is Cc1sc2ncnc(NCCCCCCC(=O)O)c2c1C. The van der Waals surface area contributed by atoms with E-state index in [-0.39, 0.29) is 6.42 Å². The Bertz CT molecular complexity index is 625. The van der Waals surface area contributed by atoms with Crippen LogP contribution in [0.3, 0.4) is 0 Å². The van der Waals surface area contributed by atoms with Crippen LogP contribution in [0.5, 0.6) is 0 Å². The Morgan fingerprint density at radius 1 is 1.24 bits per heavy atom. The number of anilines is 1. The zero-order chi connectivity index (χ0) is 15.2. The Hall–Kier alpha value is -1.69. The second-order valence-corrected chi connectivity index (χ2v) is 6.37. The highest BCUT2D eigenvalue weighted by Gasteiger charge is 2.11. The highest BCUT2D eigenvalue weighted by atomic mass is 32.1. The van der Waals surface area contributed by atoms with Gasteiger partial charge in [-0.2, -0.15) is 0 Å². The Balaban J connectivity index is 1.82. The van der Waals surface area contributed by atoms with E-state index in [2.05, 4.69) is 29.1 Å². The van der Waals surface area contributed by atoms with E-state index in [0.717, 1.165) is 48.3 Å². The van der Waals surface area contributed by atoms with Gasteiger partial charge in [-0.15, -0.1) is 11.3 Å². The van der Waals surface area contributed by atoms with Crippen LogP contribution in [0.2, 0.25) is 0 Å². The highest BCUT2D eigenvalue weighted by molar-refractivity contribution is 7.18. The fourth-order valence-corrected chi connectivity index (χ4v) is 3.27. The molecule has 2 N–H and O–H groups in total. The maximum absolute atomic E-state index is 10.4. The number of aromatic nitrogens is 2. The van der Waals surface area contributed by atoms with Crippen LogP contribution < -0.4 is 5.32 Å². The number of carboxylic acid groups (broad SMARTS) is 1. The van der Waals surface area contributed by atoms with E-state index in [1.54, 1.807) is 17.7 Å². The van der Waals surface area contributed by atoms with E-state index in [9.17, 15) is 4.79 Å². The Kier molecular flexibility index (Phi) is 5.50. The molecule has 2 aromatic rings. The van der Waals surface area contributed by atoms with Gasteiger partial charge in [0.1, 0.15) is 17.0 Å². The number of carbonyl (C=O) groups is 1. The maximum Gasteiger partial charge on any atom is 0.303 e. The molecule has 0 bridgehead atoms. The standard InChI is InChI=1S/C15H21N3O2S/c1-10-11(2)21-15-13(10)14(17-9-18-15)16-8-6-4-3-5-7-12(19)20/h9H,3-8H2,1-2H3,(H,19,20)(H,16,17,18). The number of thiophene rings is 1. The topological polar surface area (TPSA) is 75.1 Å². The number of carboxylic acids is 1. The summed E-state index contributed by atoms with van der Waals surface area (Å²) >= 11 is 1.70. The van der Waals surface area contributed by atoms with Crippen molar-refractivity contribution in [3.8, 4) is 0 Å². The summed E-state index contributed by atoms with van der Waals surface area (Å²) in [4.78, 5) is 21.4. The van der Waals surface area contributed by atoms with Crippen molar-refractivity contribution in [1.29, 1.82) is 0 Å². The van der Waals surface area contributed by atoms with E-state index in [0.29, 0.717) is 0 Å². The number of aryl methyl sites for hydroxylation is 2. The molecule has 0 saturated carbocycles. The van der Waals surface area contributed by atoms with Crippen molar-refractivity contribution in [2.24, 2.45) is 0 Å². The Morgan fingerprint density at radius 2 is 2.00 bits per heavy atom. The first-order chi connectivity index (χ1) is 10.1. The van der Waals surface area contributed by atoms with E-state index in [1.165, 1.54) is 10.4 Å². The first-order valence-electron chi connectivity index (χ1n) is 7.26. The van der Waals surface area contributed by atoms with Gasteiger partial charge in [-0.25, -0.2) is 9.97 Å². The summed E-state index contributed by atoms with van der Waals surface area (Å²) in [5.74, 6) is 0.201. The molecule has 114 valence electrons. The summed E-state index contributed by atoms with van der Waals surface area (Å²) in [6, 6.07) is 0. The molecule has 0 atom stereocenters. The second-order valence-electron chi connectivity index (χ2n) is 5.17. The van der Waals surface area contributed by atoms with Crippen LogP contribution >= 0.6 is 11.3 Å². The molecule has 2 rings (SSSR count). The number of unbranched alkanes of at least 4 members (excludes halogenated alkanes) is 3. The number of hydrogen-bond donors (Lipinski definition) is 2. The fourth-order valence-electron chi connectivity index (χ4n) is 2.28. The van der Waals surface area contributed by atoms with Gasteiger partial charge in [0.2, 0.25) is 0 Å². The van der Waals surface area contributed by atoms with Crippen LogP contribution in [-0.2, 0) is 4.79 Å². The summed E-state index contributed by atoms with van der Waals surface area (Å²) in [5, 5.41) is 13.1. The maximum atomic E-state index is 10.4. The van der Waals surface area contributed by atoms with E-state index in [1.807, 2.05) is 0 Å². The van der Waals surface area contributed by atoms with Crippen molar-refractivity contribution in [3.63, 3.8) is 0 Å². The van der Waals surface area contributed by atoms with Gasteiger partial charge >= 0.3 is 5.97 Å². The smallest absolute Gasteiger partial charge is 0.303 e. The van der Waals surface area contributed by atoms with E-state index < -0.39 is 5.97 Å². The molecular weight excluding hydrogens is 286 g/mol. The zero-order valence-electron chi connectivity index (χ0n) is 12.5. The van der Waals surface area contributed by atoms with Gasteiger partial charge in [-0.3, -0.25) is 4.79 Å². The van der Waals surface area contributed by atoms with Crippen LogP contribution in [0.4, 0.5) is 5.82 Å². The molecule has 0 unspecified atom stereocenters. The average molecular weight is 307 g/mol. The third-order valence-corrected chi connectivity index (χ3v) is 4.69. The van der Waals surface area contributed by atoms with Crippen molar-refractivity contribution in [3.05, 3.63) is 16.8 Å². The predicted molar refractivity (Wildman–Crippen MR) is 86.1 cm³/mol.